The maximum absolute atomic E-state index is 13.7. The summed E-state index contributed by atoms with van der Waals surface area (Å²) in [6.45, 7) is 2.53. The van der Waals surface area contributed by atoms with Gasteiger partial charge in [0.05, 0.1) is 6.61 Å². The number of hydrogen-bond donors (Lipinski definition) is 1. The molecule has 1 aliphatic rings. The molecule has 1 aliphatic heterocycles. The van der Waals surface area contributed by atoms with Crippen LogP contribution in [0.5, 0.6) is 0 Å². The topological polar surface area (TPSA) is 21.3 Å². The summed E-state index contributed by atoms with van der Waals surface area (Å²) < 4.78 is 18.6. The lowest BCUT2D eigenvalue weighted by Gasteiger charge is -2.22. The quantitative estimate of drug-likeness (QED) is 0.868. The Hall–Kier alpha value is -0.930. The second-order valence-electron chi connectivity index (χ2n) is 4.76. The molecule has 1 aromatic carbocycles. The first-order valence-electron chi connectivity index (χ1n) is 6.26. The van der Waals surface area contributed by atoms with E-state index in [1.807, 2.05) is 12.1 Å². The molecule has 1 N–H and O–H groups in total. The Morgan fingerprint density at radius 2 is 2.12 bits per heavy atom. The van der Waals surface area contributed by atoms with E-state index in [-0.39, 0.29) is 5.82 Å². The Morgan fingerprint density at radius 1 is 1.35 bits per heavy atom. The summed E-state index contributed by atoms with van der Waals surface area (Å²) in [5.74, 6) is 0.558. The van der Waals surface area contributed by atoms with Crippen LogP contribution in [0.2, 0.25) is 0 Å². The minimum absolute atomic E-state index is 0.140. The van der Waals surface area contributed by atoms with E-state index in [4.69, 9.17) is 4.74 Å². The van der Waals surface area contributed by atoms with Gasteiger partial charge in [-0.25, -0.2) is 4.39 Å². The molecule has 0 spiro atoms. The van der Waals surface area contributed by atoms with Crippen molar-refractivity contribution in [2.45, 2.75) is 25.9 Å². The van der Waals surface area contributed by atoms with Crippen molar-refractivity contribution in [3.63, 3.8) is 0 Å². The summed E-state index contributed by atoms with van der Waals surface area (Å²) in [5.41, 5.74) is 1.75. The fourth-order valence-electron chi connectivity index (χ4n) is 2.41. The fourth-order valence-corrected chi connectivity index (χ4v) is 2.41. The third-order valence-electron chi connectivity index (χ3n) is 3.40. The average molecular weight is 237 g/mol. The lowest BCUT2D eigenvalue weighted by molar-refractivity contribution is 0.181. The van der Waals surface area contributed by atoms with Crippen LogP contribution < -0.4 is 5.32 Å². The molecule has 0 bridgehead atoms. The van der Waals surface area contributed by atoms with Crippen LogP contribution in [0, 0.1) is 11.7 Å². The molecule has 94 valence electrons. The normalized spacial score (nSPS) is 17.3. The zero-order chi connectivity index (χ0) is 12.1. The van der Waals surface area contributed by atoms with Crippen molar-refractivity contribution >= 4 is 0 Å². The standard InChI is InChI=1S/C14H20FNO/c1-17-10-13-3-2-12(9-14(13)15)8-11-4-6-16-7-5-11/h2-3,9,11,16H,4-8,10H2,1H3. The monoisotopic (exact) mass is 237 g/mol. The molecule has 0 atom stereocenters. The molecule has 0 aromatic heterocycles. The molecule has 2 nitrogen and oxygen atoms in total. The van der Waals surface area contributed by atoms with Crippen molar-refractivity contribution in [3.05, 3.63) is 35.1 Å². The van der Waals surface area contributed by atoms with Gasteiger partial charge < -0.3 is 10.1 Å². The maximum atomic E-state index is 13.7. The summed E-state index contributed by atoms with van der Waals surface area (Å²) in [7, 11) is 1.59. The Kier molecular flexibility index (Phi) is 4.51. The van der Waals surface area contributed by atoms with Crippen molar-refractivity contribution < 1.29 is 9.13 Å². The van der Waals surface area contributed by atoms with Crippen molar-refractivity contribution in [1.82, 2.24) is 5.32 Å². The van der Waals surface area contributed by atoms with Gasteiger partial charge in [-0.05, 0) is 49.9 Å². The van der Waals surface area contributed by atoms with Gasteiger partial charge in [0.1, 0.15) is 5.82 Å². The molecule has 1 aromatic rings. The van der Waals surface area contributed by atoms with E-state index in [9.17, 15) is 4.39 Å². The largest absolute Gasteiger partial charge is 0.380 e. The van der Waals surface area contributed by atoms with E-state index in [1.54, 1.807) is 13.2 Å². The van der Waals surface area contributed by atoms with Crippen molar-refractivity contribution in [3.8, 4) is 0 Å². The lowest BCUT2D eigenvalue weighted by atomic mass is 9.91. The van der Waals surface area contributed by atoms with Gasteiger partial charge in [-0.3, -0.25) is 0 Å². The molecule has 1 fully saturated rings. The maximum Gasteiger partial charge on any atom is 0.128 e. The first-order valence-corrected chi connectivity index (χ1v) is 6.26. The molecule has 0 saturated carbocycles. The average Bonchev–Trinajstić information content (AvgIpc) is 2.34. The minimum Gasteiger partial charge on any atom is -0.380 e. The summed E-state index contributed by atoms with van der Waals surface area (Å²) in [5, 5.41) is 3.35. The van der Waals surface area contributed by atoms with Crippen molar-refractivity contribution in [2.24, 2.45) is 5.92 Å². The van der Waals surface area contributed by atoms with Crippen molar-refractivity contribution in [1.29, 1.82) is 0 Å². The van der Waals surface area contributed by atoms with E-state index < -0.39 is 0 Å². The minimum atomic E-state index is -0.140. The van der Waals surface area contributed by atoms with Gasteiger partial charge >= 0.3 is 0 Å². The number of piperidine rings is 1. The molecular formula is C14H20FNO. The van der Waals surface area contributed by atoms with E-state index in [0.29, 0.717) is 18.1 Å². The molecule has 0 unspecified atom stereocenters. The van der Waals surface area contributed by atoms with Gasteiger partial charge in [-0.15, -0.1) is 0 Å². The third-order valence-corrected chi connectivity index (χ3v) is 3.40. The lowest BCUT2D eigenvalue weighted by Crippen LogP contribution is -2.28. The highest BCUT2D eigenvalue weighted by molar-refractivity contribution is 5.24. The fraction of sp³-hybridized carbons (Fsp3) is 0.571. The van der Waals surface area contributed by atoms with Crippen LogP contribution in [-0.4, -0.2) is 20.2 Å². The number of rotatable bonds is 4. The summed E-state index contributed by atoms with van der Waals surface area (Å²) >= 11 is 0. The van der Waals surface area contributed by atoms with Gasteiger partial charge in [0.25, 0.3) is 0 Å². The first-order chi connectivity index (χ1) is 8.29. The highest BCUT2D eigenvalue weighted by Crippen LogP contribution is 2.20. The zero-order valence-electron chi connectivity index (χ0n) is 10.3. The Morgan fingerprint density at radius 3 is 2.76 bits per heavy atom. The van der Waals surface area contributed by atoms with Gasteiger partial charge in [-0.1, -0.05) is 12.1 Å². The predicted molar refractivity (Wildman–Crippen MR) is 66.4 cm³/mol. The van der Waals surface area contributed by atoms with Crippen LogP contribution in [0.3, 0.4) is 0 Å². The van der Waals surface area contributed by atoms with Crippen molar-refractivity contribution in [2.75, 3.05) is 20.2 Å². The van der Waals surface area contributed by atoms with Gasteiger partial charge in [0.15, 0.2) is 0 Å². The molecule has 1 saturated heterocycles. The van der Waals surface area contributed by atoms with E-state index in [1.165, 1.54) is 12.8 Å². The Balaban J connectivity index is 1.98. The van der Waals surface area contributed by atoms with E-state index >= 15 is 0 Å². The van der Waals surface area contributed by atoms with Gasteiger partial charge in [0, 0.05) is 12.7 Å². The molecule has 3 heteroatoms. The van der Waals surface area contributed by atoms with Crippen LogP contribution in [0.25, 0.3) is 0 Å². The molecule has 0 radical (unpaired) electrons. The van der Waals surface area contributed by atoms with E-state index in [2.05, 4.69) is 5.32 Å². The summed E-state index contributed by atoms with van der Waals surface area (Å²) in [4.78, 5) is 0. The zero-order valence-corrected chi connectivity index (χ0v) is 10.3. The highest BCUT2D eigenvalue weighted by Gasteiger charge is 2.14. The van der Waals surface area contributed by atoms with Gasteiger partial charge in [0.2, 0.25) is 0 Å². The highest BCUT2D eigenvalue weighted by atomic mass is 19.1. The van der Waals surface area contributed by atoms with Crippen LogP contribution in [0.15, 0.2) is 18.2 Å². The SMILES string of the molecule is COCc1ccc(CC2CCNCC2)cc1F. The third kappa shape index (κ3) is 3.51. The Bertz CT molecular complexity index is 361. The number of benzene rings is 1. The molecular weight excluding hydrogens is 217 g/mol. The second kappa shape index (κ2) is 6.12. The van der Waals surface area contributed by atoms with Crippen LogP contribution >= 0.6 is 0 Å². The molecule has 0 aliphatic carbocycles. The molecule has 17 heavy (non-hydrogen) atoms. The summed E-state index contributed by atoms with van der Waals surface area (Å²) in [6, 6.07) is 5.53. The smallest absolute Gasteiger partial charge is 0.128 e. The van der Waals surface area contributed by atoms with Crippen LogP contribution in [0.1, 0.15) is 24.0 Å². The van der Waals surface area contributed by atoms with Crippen LogP contribution in [0.4, 0.5) is 4.39 Å². The summed E-state index contributed by atoms with van der Waals surface area (Å²) in [6.07, 6.45) is 3.38. The predicted octanol–water partition coefficient (Wildman–Crippen LogP) is 2.51. The molecule has 2 rings (SSSR count). The molecule has 0 amide bonds. The number of halogens is 1. The number of methoxy groups -OCH3 is 1. The van der Waals surface area contributed by atoms with Crippen LogP contribution in [-0.2, 0) is 17.8 Å². The number of hydrogen-bond acceptors (Lipinski definition) is 2. The first kappa shape index (κ1) is 12.5. The molecule has 1 heterocycles. The second-order valence-corrected chi connectivity index (χ2v) is 4.76. The van der Waals surface area contributed by atoms with Gasteiger partial charge in [-0.2, -0.15) is 0 Å². The number of nitrogens with one attached hydrogen (secondary N) is 1. The Labute approximate surface area is 102 Å². The number of ether oxygens (including phenoxy) is 1. The van der Waals surface area contributed by atoms with E-state index in [0.717, 1.165) is 25.1 Å².